The van der Waals surface area contributed by atoms with Gasteiger partial charge in [-0.05, 0) is 54.4 Å². The van der Waals surface area contributed by atoms with Gasteiger partial charge in [-0.15, -0.1) is 0 Å². The highest BCUT2D eigenvalue weighted by molar-refractivity contribution is 5.79. The van der Waals surface area contributed by atoms with Crippen LogP contribution in [-0.4, -0.2) is 53.4 Å². The third kappa shape index (κ3) is 4.79. The van der Waals surface area contributed by atoms with E-state index in [-0.39, 0.29) is 5.92 Å². The fourth-order valence-corrected chi connectivity index (χ4v) is 4.24. The largest absolute Gasteiger partial charge is 0.341 e. The summed E-state index contributed by atoms with van der Waals surface area (Å²) in [6.07, 6.45) is 8.27. The van der Waals surface area contributed by atoms with Crippen LogP contribution in [0.15, 0.2) is 48.8 Å². The van der Waals surface area contributed by atoms with Crippen LogP contribution in [0.2, 0.25) is 0 Å². The number of hydrogen-bond donors (Lipinski definition) is 0. The highest BCUT2D eigenvalue weighted by Gasteiger charge is 2.32. The van der Waals surface area contributed by atoms with Crippen LogP contribution in [0.4, 0.5) is 0 Å². The van der Waals surface area contributed by atoms with E-state index in [1.807, 2.05) is 12.3 Å². The number of pyridine rings is 1. The Labute approximate surface area is 168 Å². The molecule has 1 aromatic heterocycles. The molecule has 1 amide bonds. The molecule has 1 unspecified atom stereocenters. The fourth-order valence-electron chi connectivity index (χ4n) is 4.24. The molecule has 0 spiro atoms. The van der Waals surface area contributed by atoms with E-state index < -0.39 is 0 Å². The third-order valence-electron chi connectivity index (χ3n) is 5.96. The molecule has 0 radical (unpaired) electrons. The summed E-state index contributed by atoms with van der Waals surface area (Å²) < 4.78 is 0. The maximum absolute atomic E-state index is 13.2. The SMILES string of the molecule is CCCN1CCN(CC2CC2)CC(Cc2ccc(-c3cccnc3)cc2)C1=O. The summed E-state index contributed by atoms with van der Waals surface area (Å²) in [6, 6.07) is 12.7. The quantitative estimate of drug-likeness (QED) is 0.735. The van der Waals surface area contributed by atoms with E-state index in [1.54, 1.807) is 6.20 Å². The summed E-state index contributed by atoms with van der Waals surface area (Å²) in [6.45, 7) is 7.02. The van der Waals surface area contributed by atoms with Crippen molar-refractivity contribution in [1.82, 2.24) is 14.8 Å². The zero-order valence-corrected chi connectivity index (χ0v) is 16.9. The van der Waals surface area contributed by atoms with Crippen LogP contribution in [0.25, 0.3) is 11.1 Å². The van der Waals surface area contributed by atoms with Crippen LogP contribution in [-0.2, 0) is 11.2 Å². The van der Waals surface area contributed by atoms with Crippen molar-refractivity contribution in [3.8, 4) is 11.1 Å². The molecule has 2 aliphatic rings. The zero-order chi connectivity index (χ0) is 19.3. The van der Waals surface area contributed by atoms with Gasteiger partial charge in [-0.3, -0.25) is 9.78 Å². The molecule has 1 aliphatic heterocycles. The molecular formula is C24H31N3O. The molecule has 28 heavy (non-hydrogen) atoms. The van der Waals surface area contributed by atoms with Crippen LogP contribution in [0, 0.1) is 11.8 Å². The van der Waals surface area contributed by atoms with Gasteiger partial charge in [0, 0.05) is 45.1 Å². The number of amides is 1. The molecule has 0 N–H and O–H groups in total. The van der Waals surface area contributed by atoms with Gasteiger partial charge in [0.1, 0.15) is 0 Å². The second-order valence-electron chi connectivity index (χ2n) is 8.37. The van der Waals surface area contributed by atoms with Crippen LogP contribution < -0.4 is 0 Å². The minimum atomic E-state index is 0.0667. The highest BCUT2D eigenvalue weighted by Crippen LogP contribution is 2.31. The number of hydrogen-bond acceptors (Lipinski definition) is 3. The molecule has 2 heterocycles. The van der Waals surface area contributed by atoms with Crippen LogP contribution in [0.3, 0.4) is 0 Å². The van der Waals surface area contributed by atoms with Crippen LogP contribution in [0.1, 0.15) is 31.7 Å². The second kappa shape index (κ2) is 8.87. The Kier molecular flexibility index (Phi) is 6.06. The Hall–Kier alpha value is -2.20. The molecule has 2 aromatic rings. The second-order valence-corrected chi connectivity index (χ2v) is 8.37. The topological polar surface area (TPSA) is 36.4 Å². The Morgan fingerprint density at radius 1 is 1.07 bits per heavy atom. The molecule has 148 valence electrons. The minimum Gasteiger partial charge on any atom is -0.341 e. The number of nitrogens with zero attached hydrogens (tertiary/aromatic N) is 3. The Morgan fingerprint density at radius 2 is 1.89 bits per heavy atom. The van der Waals surface area contributed by atoms with Gasteiger partial charge in [-0.25, -0.2) is 0 Å². The van der Waals surface area contributed by atoms with E-state index in [9.17, 15) is 4.79 Å². The molecule has 1 aliphatic carbocycles. The molecule has 4 nitrogen and oxygen atoms in total. The van der Waals surface area contributed by atoms with Gasteiger partial charge in [0.2, 0.25) is 5.91 Å². The third-order valence-corrected chi connectivity index (χ3v) is 5.96. The van der Waals surface area contributed by atoms with E-state index in [4.69, 9.17) is 0 Å². The lowest BCUT2D eigenvalue weighted by Gasteiger charge is -2.24. The van der Waals surface area contributed by atoms with Crippen molar-refractivity contribution in [2.45, 2.75) is 32.6 Å². The van der Waals surface area contributed by atoms with E-state index in [0.717, 1.165) is 50.5 Å². The van der Waals surface area contributed by atoms with E-state index in [1.165, 1.54) is 30.5 Å². The number of carbonyl (C=O) groups excluding carboxylic acids is 1. The summed E-state index contributed by atoms with van der Waals surface area (Å²) in [5.41, 5.74) is 3.55. The van der Waals surface area contributed by atoms with Gasteiger partial charge >= 0.3 is 0 Å². The summed E-state index contributed by atoms with van der Waals surface area (Å²) in [5.74, 6) is 1.28. The van der Waals surface area contributed by atoms with Gasteiger partial charge in [-0.2, -0.15) is 0 Å². The molecule has 4 heteroatoms. The monoisotopic (exact) mass is 377 g/mol. The van der Waals surface area contributed by atoms with Crippen molar-refractivity contribution in [2.75, 3.05) is 32.7 Å². The number of benzene rings is 1. The lowest BCUT2D eigenvalue weighted by molar-refractivity contribution is -0.134. The molecule has 2 fully saturated rings. The van der Waals surface area contributed by atoms with Crippen molar-refractivity contribution >= 4 is 5.91 Å². The molecule has 1 aromatic carbocycles. The lowest BCUT2D eigenvalue weighted by Crippen LogP contribution is -2.37. The van der Waals surface area contributed by atoms with Crippen molar-refractivity contribution in [1.29, 1.82) is 0 Å². The fraction of sp³-hybridized carbons (Fsp3) is 0.500. The molecule has 1 saturated carbocycles. The predicted octanol–water partition coefficient (Wildman–Crippen LogP) is 3.87. The first kappa shape index (κ1) is 19.1. The smallest absolute Gasteiger partial charge is 0.227 e. The zero-order valence-electron chi connectivity index (χ0n) is 16.9. The average Bonchev–Trinajstić information content (AvgIpc) is 3.56. The van der Waals surface area contributed by atoms with Crippen LogP contribution in [0.5, 0.6) is 0 Å². The van der Waals surface area contributed by atoms with Crippen LogP contribution >= 0.6 is 0 Å². The summed E-state index contributed by atoms with van der Waals surface area (Å²) in [5, 5.41) is 0. The first-order valence-electron chi connectivity index (χ1n) is 10.7. The summed E-state index contributed by atoms with van der Waals surface area (Å²) >= 11 is 0. The predicted molar refractivity (Wildman–Crippen MR) is 113 cm³/mol. The summed E-state index contributed by atoms with van der Waals surface area (Å²) in [4.78, 5) is 22.0. The van der Waals surface area contributed by atoms with Gasteiger partial charge < -0.3 is 9.80 Å². The van der Waals surface area contributed by atoms with Crippen molar-refractivity contribution in [3.63, 3.8) is 0 Å². The minimum absolute atomic E-state index is 0.0667. The van der Waals surface area contributed by atoms with E-state index in [2.05, 4.69) is 52.0 Å². The average molecular weight is 378 g/mol. The normalized spacial score (nSPS) is 21.0. The maximum atomic E-state index is 13.2. The molecule has 1 atom stereocenters. The maximum Gasteiger partial charge on any atom is 0.227 e. The number of aromatic nitrogens is 1. The van der Waals surface area contributed by atoms with Gasteiger partial charge in [0.25, 0.3) is 0 Å². The van der Waals surface area contributed by atoms with E-state index >= 15 is 0 Å². The van der Waals surface area contributed by atoms with Crippen molar-refractivity contribution < 1.29 is 4.79 Å². The first-order chi connectivity index (χ1) is 13.7. The molecule has 4 rings (SSSR count). The molecule has 0 bridgehead atoms. The Bertz CT molecular complexity index is 770. The van der Waals surface area contributed by atoms with Gasteiger partial charge in [0.05, 0.1) is 5.92 Å². The summed E-state index contributed by atoms with van der Waals surface area (Å²) in [7, 11) is 0. The molecular weight excluding hydrogens is 346 g/mol. The molecule has 1 saturated heterocycles. The van der Waals surface area contributed by atoms with Crippen molar-refractivity contribution in [3.05, 3.63) is 54.4 Å². The number of rotatable bonds is 7. The van der Waals surface area contributed by atoms with Crippen molar-refractivity contribution in [2.24, 2.45) is 11.8 Å². The number of carbonyl (C=O) groups is 1. The van der Waals surface area contributed by atoms with Gasteiger partial charge in [0.15, 0.2) is 0 Å². The lowest BCUT2D eigenvalue weighted by atomic mass is 9.96. The Balaban J connectivity index is 1.47. The highest BCUT2D eigenvalue weighted by atomic mass is 16.2. The first-order valence-corrected chi connectivity index (χ1v) is 10.7. The van der Waals surface area contributed by atoms with E-state index in [0.29, 0.717) is 5.91 Å². The standard InChI is InChI=1S/C24H31N3O/c1-2-12-27-14-13-26(17-20-5-6-20)18-23(24(27)28)15-19-7-9-21(10-8-19)22-4-3-11-25-16-22/h3-4,7-11,16,20,23H,2,5-6,12-15,17-18H2,1H3. The van der Waals surface area contributed by atoms with Gasteiger partial charge in [-0.1, -0.05) is 37.3 Å². The Morgan fingerprint density at radius 3 is 2.57 bits per heavy atom.